The van der Waals surface area contributed by atoms with E-state index in [1.807, 2.05) is 25.2 Å². The molecule has 1 heterocycles. The number of carbonyl (C=O) groups excluding carboxylic acids is 1. The van der Waals surface area contributed by atoms with Crippen molar-refractivity contribution in [1.29, 1.82) is 0 Å². The van der Waals surface area contributed by atoms with Crippen LogP contribution >= 0.6 is 0 Å². The molecule has 5 nitrogen and oxygen atoms in total. The first-order valence-electron chi connectivity index (χ1n) is 7.52. The quantitative estimate of drug-likeness (QED) is 0.821. The lowest BCUT2D eigenvalue weighted by Crippen LogP contribution is -2.46. The fourth-order valence-electron chi connectivity index (χ4n) is 2.36. The lowest BCUT2D eigenvalue weighted by atomic mass is 10.2. The molecule has 2 rings (SSSR count). The van der Waals surface area contributed by atoms with Crippen LogP contribution in [0.15, 0.2) is 30.3 Å². The van der Waals surface area contributed by atoms with Crippen LogP contribution in [0.5, 0.6) is 0 Å². The van der Waals surface area contributed by atoms with E-state index in [1.165, 1.54) is 0 Å². The third kappa shape index (κ3) is 5.02. The van der Waals surface area contributed by atoms with Crippen LogP contribution in [-0.4, -0.2) is 51.3 Å². The van der Waals surface area contributed by atoms with E-state index in [1.54, 1.807) is 0 Å². The number of amides is 1. The second kappa shape index (κ2) is 8.00. The fraction of sp³-hybridized carbons (Fsp3) is 0.562. The molecule has 1 fully saturated rings. The smallest absolute Gasteiger partial charge is 0.221 e. The van der Waals surface area contributed by atoms with Gasteiger partial charge in [-0.2, -0.15) is 0 Å². The van der Waals surface area contributed by atoms with Gasteiger partial charge in [-0.3, -0.25) is 4.79 Å². The zero-order valence-corrected chi connectivity index (χ0v) is 12.8. The summed E-state index contributed by atoms with van der Waals surface area (Å²) in [5, 5.41) is 6.29. The van der Waals surface area contributed by atoms with Crippen LogP contribution in [0.3, 0.4) is 0 Å². The van der Waals surface area contributed by atoms with E-state index in [2.05, 4.69) is 34.6 Å². The van der Waals surface area contributed by atoms with E-state index in [-0.39, 0.29) is 18.0 Å². The zero-order valence-electron chi connectivity index (χ0n) is 12.8. The van der Waals surface area contributed by atoms with Crippen molar-refractivity contribution in [3.8, 4) is 0 Å². The maximum Gasteiger partial charge on any atom is 0.221 e. The van der Waals surface area contributed by atoms with Crippen molar-refractivity contribution < 1.29 is 9.53 Å². The predicted molar refractivity (Wildman–Crippen MR) is 84.5 cm³/mol. The highest BCUT2D eigenvalue weighted by Gasteiger charge is 2.17. The van der Waals surface area contributed by atoms with Crippen LogP contribution in [-0.2, 0) is 9.53 Å². The number of hydrogen-bond donors (Lipinski definition) is 2. The number of carbonyl (C=O) groups is 1. The van der Waals surface area contributed by atoms with Gasteiger partial charge in [0.25, 0.3) is 0 Å². The first-order valence-corrected chi connectivity index (χ1v) is 7.52. The first kappa shape index (κ1) is 15.8. The number of anilines is 1. The standard InChI is InChI=1S/C16H25N3O2/c1-13(19(2)15-6-4-3-5-7-15)11-18-16(20)10-14-12-21-9-8-17-14/h3-7,13-14,17H,8-12H2,1-2H3,(H,18,20). The summed E-state index contributed by atoms with van der Waals surface area (Å²) in [5.74, 6) is 0.0753. The van der Waals surface area contributed by atoms with Crippen molar-refractivity contribution in [2.75, 3.05) is 38.3 Å². The molecule has 2 unspecified atom stereocenters. The lowest BCUT2D eigenvalue weighted by molar-refractivity contribution is -0.122. The number of hydrogen-bond acceptors (Lipinski definition) is 4. The van der Waals surface area contributed by atoms with Gasteiger partial charge in [-0.05, 0) is 19.1 Å². The average Bonchev–Trinajstić information content (AvgIpc) is 2.53. The normalized spacial score (nSPS) is 19.8. The molecular weight excluding hydrogens is 266 g/mol. The summed E-state index contributed by atoms with van der Waals surface area (Å²) in [6, 6.07) is 10.6. The summed E-state index contributed by atoms with van der Waals surface area (Å²) >= 11 is 0. The first-order chi connectivity index (χ1) is 10.2. The van der Waals surface area contributed by atoms with Crippen molar-refractivity contribution in [2.45, 2.75) is 25.4 Å². The molecule has 0 aromatic heterocycles. The molecule has 0 bridgehead atoms. The van der Waals surface area contributed by atoms with E-state index >= 15 is 0 Å². The van der Waals surface area contributed by atoms with Gasteiger partial charge in [0.1, 0.15) is 0 Å². The summed E-state index contributed by atoms with van der Waals surface area (Å²) < 4.78 is 5.35. The summed E-state index contributed by atoms with van der Waals surface area (Å²) in [4.78, 5) is 14.1. The van der Waals surface area contributed by atoms with E-state index in [0.717, 1.165) is 18.8 Å². The molecule has 1 amide bonds. The zero-order chi connectivity index (χ0) is 15.1. The highest BCUT2D eigenvalue weighted by molar-refractivity contribution is 5.76. The Morgan fingerprint density at radius 1 is 1.48 bits per heavy atom. The predicted octanol–water partition coefficient (Wildman–Crippen LogP) is 1.01. The number of nitrogens with zero attached hydrogens (tertiary/aromatic N) is 1. The maximum absolute atomic E-state index is 11.9. The lowest BCUT2D eigenvalue weighted by Gasteiger charge is -2.28. The van der Waals surface area contributed by atoms with Gasteiger partial charge in [-0.15, -0.1) is 0 Å². The van der Waals surface area contributed by atoms with Crippen molar-refractivity contribution in [2.24, 2.45) is 0 Å². The highest BCUT2D eigenvalue weighted by atomic mass is 16.5. The van der Waals surface area contributed by atoms with Gasteiger partial charge in [0, 0.05) is 44.3 Å². The largest absolute Gasteiger partial charge is 0.378 e. The van der Waals surface area contributed by atoms with Crippen molar-refractivity contribution in [1.82, 2.24) is 10.6 Å². The molecule has 1 saturated heterocycles. The molecule has 2 N–H and O–H groups in total. The van der Waals surface area contributed by atoms with E-state index < -0.39 is 0 Å². The number of para-hydroxylation sites is 1. The van der Waals surface area contributed by atoms with Gasteiger partial charge in [-0.1, -0.05) is 18.2 Å². The number of morpholine rings is 1. The third-order valence-corrected chi connectivity index (χ3v) is 3.85. The Balaban J connectivity index is 1.72. The Hall–Kier alpha value is -1.59. The Bertz CT molecular complexity index is 432. The summed E-state index contributed by atoms with van der Waals surface area (Å²) in [6.45, 7) is 4.92. The highest BCUT2D eigenvalue weighted by Crippen LogP contribution is 2.13. The van der Waals surface area contributed by atoms with Gasteiger partial charge in [0.05, 0.1) is 13.2 Å². The van der Waals surface area contributed by atoms with Crippen LogP contribution in [0, 0.1) is 0 Å². The molecular formula is C16H25N3O2. The number of benzene rings is 1. The number of likely N-dealkylation sites (N-methyl/N-ethyl adjacent to an activating group) is 1. The molecule has 5 heteroatoms. The van der Waals surface area contributed by atoms with E-state index in [4.69, 9.17) is 4.74 Å². The number of nitrogens with one attached hydrogen (secondary N) is 2. The Kier molecular flexibility index (Phi) is 6.02. The molecule has 1 aromatic rings. The summed E-state index contributed by atoms with van der Waals surface area (Å²) in [5.41, 5.74) is 1.15. The fourth-order valence-corrected chi connectivity index (χ4v) is 2.36. The van der Waals surface area contributed by atoms with Gasteiger partial charge in [0.15, 0.2) is 0 Å². The van der Waals surface area contributed by atoms with Crippen LogP contribution in [0.2, 0.25) is 0 Å². The number of ether oxygens (including phenoxy) is 1. The van der Waals surface area contributed by atoms with Crippen LogP contribution in [0.25, 0.3) is 0 Å². The molecule has 0 radical (unpaired) electrons. The van der Waals surface area contributed by atoms with Crippen LogP contribution in [0.4, 0.5) is 5.69 Å². The molecule has 21 heavy (non-hydrogen) atoms. The minimum Gasteiger partial charge on any atom is -0.378 e. The summed E-state index contributed by atoms with van der Waals surface area (Å²) in [7, 11) is 2.04. The molecule has 116 valence electrons. The minimum absolute atomic E-state index is 0.0753. The van der Waals surface area contributed by atoms with Gasteiger partial charge in [0.2, 0.25) is 5.91 Å². The Morgan fingerprint density at radius 2 is 2.24 bits per heavy atom. The van der Waals surface area contributed by atoms with E-state index in [9.17, 15) is 4.79 Å². The Morgan fingerprint density at radius 3 is 2.90 bits per heavy atom. The molecule has 0 saturated carbocycles. The van der Waals surface area contributed by atoms with Crippen molar-refractivity contribution in [3.05, 3.63) is 30.3 Å². The van der Waals surface area contributed by atoms with Gasteiger partial charge >= 0.3 is 0 Å². The third-order valence-electron chi connectivity index (χ3n) is 3.85. The van der Waals surface area contributed by atoms with Crippen LogP contribution in [0.1, 0.15) is 13.3 Å². The van der Waals surface area contributed by atoms with Gasteiger partial charge < -0.3 is 20.3 Å². The molecule has 1 aliphatic heterocycles. The monoisotopic (exact) mass is 291 g/mol. The topological polar surface area (TPSA) is 53.6 Å². The van der Waals surface area contributed by atoms with Crippen molar-refractivity contribution in [3.63, 3.8) is 0 Å². The van der Waals surface area contributed by atoms with Crippen molar-refractivity contribution >= 4 is 11.6 Å². The molecule has 0 spiro atoms. The molecule has 1 aliphatic rings. The van der Waals surface area contributed by atoms with E-state index in [0.29, 0.717) is 19.6 Å². The number of rotatable bonds is 6. The second-order valence-corrected chi connectivity index (χ2v) is 5.53. The second-order valence-electron chi connectivity index (χ2n) is 5.53. The maximum atomic E-state index is 11.9. The molecule has 2 atom stereocenters. The SMILES string of the molecule is CC(CNC(=O)CC1COCCN1)N(C)c1ccccc1. The Labute approximate surface area is 126 Å². The summed E-state index contributed by atoms with van der Waals surface area (Å²) in [6.07, 6.45) is 0.474. The average molecular weight is 291 g/mol. The van der Waals surface area contributed by atoms with Crippen LogP contribution < -0.4 is 15.5 Å². The molecule has 0 aliphatic carbocycles. The van der Waals surface area contributed by atoms with Gasteiger partial charge in [-0.25, -0.2) is 0 Å². The molecule has 1 aromatic carbocycles. The minimum atomic E-state index is 0.0753.